The maximum Gasteiger partial charge on any atom is 0.328 e. The quantitative estimate of drug-likeness (QED) is 0.210. The summed E-state index contributed by atoms with van der Waals surface area (Å²) in [5, 5.41) is 6.24. The molecule has 1 aromatic heterocycles. The Morgan fingerprint density at radius 1 is 1.19 bits per heavy atom. The number of para-hydroxylation sites is 1. The monoisotopic (exact) mass is 441 g/mol. The van der Waals surface area contributed by atoms with Gasteiger partial charge < -0.3 is 25.9 Å². The third-order valence-corrected chi connectivity index (χ3v) is 4.62. The van der Waals surface area contributed by atoms with Crippen LogP contribution >= 0.6 is 0 Å². The fourth-order valence-corrected chi connectivity index (χ4v) is 3.28. The number of carbonyl (C=O) groups excluding carboxylic acids is 4. The highest BCUT2D eigenvalue weighted by Crippen LogP contribution is 2.26. The SMILES string of the molecule is CC(=O)N[C@@H](CC(=O)N[C@@H](CCC(=O)C=[N+]=[N-])C(=O)OC(C)C)c1c[nH]c2ccccc12. The standard InChI is InChI=1S/C22H27N5O5/c1-13(2)32-22(31)19(9-8-15(29)11-25-23)27-21(30)10-20(26-14(3)28)17-12-24-18-7-5-4-6-16(17)18/h4-7,11-13,19-20,24H,8-10H2,1-3H3,(H,26,28)(H,27,30)/t19-,20-/m0/s1. The predicted octanol–water partition coefficient (Wildman–Crippen LogP) is 1.82. The van der Waals surface area contributed by atoms with Gasteiger partial charge in [-0.1, -0.05) is 18.2 Å². The number of carbonyl (C=O) groups is 4. The van der Waals surface area contributed by atoms with Crippen molar-refractivity contribution < 1.29 is 28.7 Å². The third-order valence-electron chi connectivity index (χ3n) is 4.62. The van der Waals surface area contributed by atoms with Crippen molar-refractivity contribution in [2.45, 2.75) is 58.2 Å². The van der Waals surface area contributed by atoms with E-state index in [4.69, 9.17) is 10.3 Å². The summed E-state index contributed by atoms with van der Waals surface area (Å²) in [5.41, 5.74) is 10.1. The maximum atomic E-state index is 12.8. The van der Waals surface area contributed by atoms with Gasteiger partial charge in [0.1, 0.15) is 6.04 Å². The number of ketones is 1. The molecule has 10 nitrogen and oxygen atoms in total. The molecule has 32 heavy (non-hydrogen) atoms. The molecular formula is C22H27N5O5. The molecule has 0 aliphatic rings. The van der Waals surface area contributed by atoms with Crippen LogP contribution < -0.4 is 10.6 Å². The Balaban J connectivity index is 2.17. The van der Waals surface area contributed by atoms with Gasteiger partial charge in [-0.05, 0) is 26.3 Å². The second-order valence-electron chi connectivity index (χ2n) is 7.60. The molecule has 0 saturated carbocycles. The zero-order valence-electron chi connectivity index (χ0n) is 18.3. The van der Waals surface area contributed by atoms with E-state index in [0.29, 0.717) is 0 Å². The summed E-state index contributed by atoms with van der Waals surface area (Å²) in [4.78, 5) is 54.4. The van der Waals surface area contributed by atoms with Crippen molar-refractivity contribution in [2.24, 2.45) is 0 Å². The number of amides is 2. The van der Waals surface area contributed by atoms with E-state index in [1.807, 2.05) is 24.3 Å². The molecule has 1 heterocycles. The number of rotatable bonds is 11. The molecule has 0 fully saturated rings. The number of H-pyrrole nitrogens is 1. The van der Waals surface area contributed by atoms with Gasteiger partial charge in [-0.2, -0.15) is 4.79 Å². The Bertz CT molecular complexity index is 1040. The van der Waals surface area contributed by atoms with E-state index < -0.39 is 35.8 Å². The first-order valence-corrected chi connectivity index (χ1v) is 10.2. The number of nitrogens with one attached hydrogen (secondary N) is 3. The number of fused-ring (bicyclic) bond motifs is 1. The fraction of sp³-hybridized carbons (Fsp3) is 0.409. The molecular weight excluding hydrogens is 414 g/mol. The number of Topliss-reactive ketones (excluding diaryl/α,β-unsaturated/α-hetero) is 1. The van der Waals surface area contributed by atoms with Gasteiger partial charge in [-0.15, -0.1) is 0 Å². The molecule has 2 amide bonds. The van der Waals surface area contributed by atoms with Gasteiger partial charge in [0, 0.05) is 36.0 Å². The Labute approximate surface area is 185 Å². The molecule has 0 radical (unpaired) electrons. The average Bonchev–Trinajstić information content (AvgIpc) is 3.14. The maximum absolute atomic E-state index is 12.8. The van der Waals surface area contributed by atoms with Gasteiger partial charge in [0.15, 0.2) is 0 Å². The molecule has 170 valence electrons. The summed E-state index contributed by atoms with van der Waals surface area (Å²) in [6, 6.07) is 5.79. The van der Waals surface area contributed by atoms with Crippen LogP contribution in [0.25, 0.3) is 16.4 Å². The Hall–Kier alpha value is -3.78. The van der Waals surface area contributed by atoms with Crippen LogP contribution in [0.15, 0.2) is 30.5 Å². The molecule has 0 spiro atoms. The van der Waals surface area contributed by atoms with Gasteiger partial charge >= 0.3 is 12.2 Å². The molecule has 0 aliphatic carbocycles. The van der Waals surface area contributed by atoms with Gasteiger partial charge in [0.05, 0.1) is 18.6 Å². The largest absolute Gasteiger partial charge is 0.461 e. The lowest BCUT2D eigenvalue weighted by atomic mass is 10.0. The minimum atomic E-state index is -1.07. The summed E-state index contributed by atoms with van der Waals surface area (Å²) in [7, 11) is 0. The van der Waals surface area contributed by atoms with Gasteiger partial charge in [-0.25, -0.2) is 4.79 Å². The van der Waals surface area contributed by atoms with Crippen LogP contribution in [0.5, 0.6) is 0 Å². The Morgan fingerprint density at radius 2 is 1.91 bits per heavy atom. The van der Waals surface area contributed by atoms with E-state index in [9.17, 15) is 19.2 Å². The molecule has 10 heteroatoms. The smallest absolute Gasteiger partial charge is 0.328 e. The highest BCUT2D eigenvalue weighted by Gasteiger charge is 2.27. The van der Waals surface area contributed by atoms with E-state index >= 15 is 0 Å². The van der Waals surface area contributed by atoms with E-state index in [0.717, 1.165) is 22.7 Å². The topological polar surface area (TPSA) is 154 Å². The molecule has 0 saturated heterocycles. The molecule has 2 atom stereocenters. The second kappa shape index (κ2) is 11.6. The first-order valence-electron chi connectivity index (χ1n) is 10.2. The molecule has 2 aromatic rings. The first kappa shape index (κ1) is 24.5. The van der Waals surface area contributed by atoms with E-state index in [1.54, 1.807) is 20.0 Å². The molecule has 0 unspecified atom stereocenters. The lowest BCUT2D eigenvalue weighted by molar-refractivity contribution is -0.151. The molecule has 0 bridgehead atoms. The van der Waals surface area contributed by atoms with Crippen LogP contribution in [-0.2, 0) is 23.9 Å². The molecule has 0 aliphatic heterocycles. The average molecular weight is 441 g/mol. The highest BCUT2D eigenvalue weighted by atomic mass is 16.5. The van der Waals surface area contributed by atoms with Crippen molar-refractivity contribution in [3.05, 3.63) is 41.6 Å². The second-order valence-corrected chi connectivity index (χ2v) is 7.60. The molecule has 3 N–H and O–H groups in total. The first-order chi connectivity index (χ1) is 15.2. The van der Waals surface area contributed by atoms with Crippen molar-refractivity contribution in [3.8, 4) is 0 Å². The summed E-state index contributed by atoms with van der Waals surface area (Å²) in [6.45, 7) is 4.70. The summed E-state index contributed by atoms with van der Waals surface area (Å²) in [6.07, 6.45) is 1.78. The Morgan fingerprint density at radius 3 is 2.56 bits per heavy atom. The van der Waals surface area contributed by atoms with Crippen molar-refractivity contribution >= 4 is 40.7 Å². The number of hydrogen-bond donors (Lipinski definition) is 3. The van der Waals surface area contributed by atoms with Crippen molar-refractivity contribution in [1.82, 2.24) is 15.6 Å². The number of benzene rings is 1. The van der Waals surface area contributed by atoms with E-state index in [1.165, 1.54) is 6.92 Å². The normalized spacial score (nSPS) is 12.5. The molecule has 1 aromatic carbocycles. The van der Waals surface area contributed by atoms with Gasteiger partial charge in [-0.3, -0.25) is 14.4 Å². The zero-order chi connectivity index (χ0) is 23.7. The van der Waals surface area contributed by atoms with Crippen LogP contribution in [0.3, 0.4) is 0 Å². The number of hydrogen-bond acceptors (Lipinski definition) is 5. The van der Waals surface area contributed by atoms with Crippen LogP contribution in [0.1, 0.15) is 51.6 Å². The van der Waals surface area contributed by atoms with Crippen LogP contribution in [0.4, 0.5) is 0 Å². The number of esters is 1. The number of aromatic amines is 1. The van der Waals surface area contributed by atoms with Gasteiger partial charge in [0.25, 0.3) is 0 Å². The van der Waals surface area contributed by atoms with Crippen molar-refractivity contribution in [1.29, 1.82) is 0 Å². The lowest BCUT2D eigenvalue weighted by Gasteiger charge is -2.21. The lowest BCUT2D eigenvalue weighted by Crippen LogP contribution is -2.44. The Kier molecular flexibility index (Phi) is 8.85. The summed E-state index contributed by atoms with van der Waals surface area (Å²) in [5.74, 6) is -1.98. The van der Waals surface area contributed by atoms with Crippen molar-refractivity contribution in [3.63, 3.8) is 0 Å². The van der Waals surface area contributed by atoms with Crippen LogP contribution in [-0.4, -0.2) is 51.7 Å². The minimum Gasteiger partial charge on any atom is -0.461 e. The summed E-state index contributed by atoms with van der Waals surface area (Å²) >= 11 is 0. The molecule has 2 rings (SSSR count). The number of ether oxygens (including phenoxy) is 1. The zero-order valence-corrected chi connectivity index (χ0v) is 18.3. The summed E-state index contributed by atoms with van der Waals surface area (Å²) < 4.78 is 5.18. The van der Waals surface area contributed by atoms with Crippen LogP contribution in [0.2, 0.25) is 0 Å². The number of aromatic nitrogens is 1. The van der Waals surface area contributed by atoms with Crippen LogP contribution in [0, 0.1) is 0 Å². The predicted molar refractivity (Wildman–Crippen MR) is 117 cm³/mol. The van der Waals surface area contributed by atoms with Crippen molar-refractivity contribution in [2.75, 3.05) is 0 Å². The highest BCUT2D eigenvalue weighted by molar-refractivity contribution is 6.25. The number of nitrogens with zero attached hydrogens (tertiary/aromatic N) is 2. The van der Waals surface area contributed by atoms with E-state index in [-0.39, 0.29) is 25.2 Å². The third kappa shape index (κ3) is 7.17. The minimum absolute atomic E-state index is 0.0277. The fourth-order valence-electron chi connectivity index (χ4n) is 3.28. The van der Waals surface area contributed by atoms with E-state index in [2.05, 4.69) is 20.4 Å². The van der Waals surface area contributed by atoms with Gasteiger partial charge in [0.2, 0.25) is 17.6 Å².